The van der Waals surface area contributed by atoms with Gasteiger partial charge < -0.3 is 20.1 Å². The van der Waals surface area contributed by atoms with E-state index in [0.29, 0.717) is 58.2 Å². The minimum absolute atomic E-state index is 0.271. The lowest BCUT2D eigenvalue weighted by Crippen LogP contribution is -2.45. The fourth-order valence-corrected chi connectivity index (χ4v) is 4.43. The van der Waals surface area contributed by atoms with Crippen molar-refractivity contribution in [3.8, 4) is 17.0 Å². The van der Waals surface area contributed by atoms with Crippen LogP contribution in [0.1, 0.15) is 54.6 Å². The molecule has 0 spiro atoms. The molecule has 1 aromatic carbocycles. The van der Waals surface area contributed by atoms with Crippen LogP contribution in [0.3, 0.4) is 0 Å². The van der Waals surface area contributed by atoms with Crippen LogP contribution in [0, 0.1) is 18.7 Å². The molecule has 8 heteroatoms. The Labute approximate surface area is 185 Å². The number of aliphatic hydroxyl groups is 1. The van der Waals surface area contributed by atoms with Gasteiger partial charge in [0.1, 0.15) is 29.1 Å². The van der Waals surface area contributed by atoms with Crippen molar-refractivity contribution in [3.05, 3.63) is 41.6 Å². The van der Waals surface area contributed by atoms with Crippen molar-refractivity contribution >= 4 is 16.9 Å². The van der Waals surface area contributed by atoms with E-state index in [2.05, 4.69) is 20.3 Å². The molecule has 0 saturated heterocycles. The molecule has 5 rings (SSSR count). The molecule has 2 aliphatic carbocycles. The highest BCUT2D eigenvalue weighted by atomic mass is 19.1. The molecule has 2 fully saturated rings. The van der Waals surface area contributed by atoms with Crippen molar-refractivity contribution in [2.24, 2.45) is 5.92 Å². The number of aromatic nitrogens is 3. The van der Waals surface area contributed by atoms with Gasteiger partial charge in [-0.05, 0) is 56.7 Å². The first-order valence-corrected chi connectivity index (χ1v) is 11.3. The van der Waals surface area contributed by atoms with Gasteiger partial charge in [0.25, 0.3) is 5.91 Å². The topological polar surface area (TPSA) is 100 Å². The Kier molecular flexibility index (Phi) is 5.55. The zero-order valence-electron chi connectivity index (χ0n) is 18.0. The summed E-state index contributed by atoms with van der Waals surface area (Å²) in [6.07, 6.45) is 6.53. The predicted octanol–water partition coefficient (Wildman–Crippen LogP) is 3.89. The SMILES string of the molecule is Cc1[nH]c2c(-c3cc(F)ccc3OCC3CC3)ncnc2c1C(=O)N[C@@H]1CCCC[C@H]1O. The summed E-state index contributed by atoms with van der Waals surface area (Å²) in [6.45, 7) is 2.39. The van der Waals surface area contributed by atoms with Crippen molar-refractivity contribution < 1.29 is 19.0 Å². The maximum atomic E-state index is 14.2. The molecule has 2 atom stereocenters. The molecule has 0 radical (unpaired) electrons. The molecule has 0 unspecified atom stereocenters. The Morgan fingerprint density at radius 1 is 1.25 bits per heavy atom. The second-order valence-corrected chi connectivity index (χ2v) is 8.90. The first-order valence-electron chi connectivity index (χ1n) is 11.3. The van der Waals surface area contributed by atoms with Gasteiger partial charge in [-0.1, -0.05) is 12.8 Å². The molecule has 1 amide bonds. The number of nitrogens with zero attached hydrogens (tertiary/aromatic N) is 2. The molecular formula is C24H27FN4O3. The standard InChI is InChI=1S/C24H27FN4O3/c1-13-20(24(31)29-17-4-2-3-5-18(17)30)22-23(28-13)21(26-12-27-22)16-10-15(25)8-9-19(16)32-11-14-6-7-14/h8-10,12,14,17-18,28,30H,2-7,11H2,1H3,(H,29,31)/t17-,18-/m1/s1. The number of hydrogen-bond acceptors (Lipinski definition) is 5. The summed E-state index contributed by atoms with van der Waals surface area (Å²) in [4.78, 5) is 25.1. The number of aromatic amines is 1. The Balaban J connectivity index is 1.51. The molecule has 3 N–H and O–H groups in total. The number of carbonyl (C=O) groups excluding carboxylic acids is 1. The molecule has 32 heavy (non-hydrogen) atoms. The van der Waals surface area contributed by atoms with Gasteiger partial charge in [-0.25, -0.2) is 14.4 Å². The van der Waals surface area contributed by atoms with Crippen molar-refractivity contribution in [3.63, 3.8) is 0 Å². The first-order chi connectivity index (χ1) is 15.5. The lowest BCUT2D eigenvalue weighted by atomic mass is 9.92. The van der Waals surface area contributed by atoms with Gasteiger partial charge in [0.2, 0.25) is 0 Å². The van der Waals surface area contributed by atoms with E-state index in [1.54, 1.807) is 13.0 Å². The Morgan fingerprint density at radius 2 is 2.06 bits per heavy atom. The van der Waals surface area contributed by atoms with E-state index in [9.17, 15) is 14.3 Å². The van der Waals surface area contributed by atoms with Crippen LogP contribution < -0.4 is 10.1 Å². The minimum atomic E-state index is -0.540. The summed E-state index contributed by atoms with van der Waals surface area (Å²) in [7, 11) is 0. The molecule has 0 bridgehead atoms. The number of nitrogens with one attached hydrogen (secondary N) is 2. The maximum Gasteiger partial charge on any atom is 0.255 e. The monoisotopic (exact) mass is 438 g/mol. The average Bonchev–Trinajstić information content (AvgIpc) is 3.54. The number of hydrogen-bond donors (Lipinski definition) is 3. The van der Waals surface area contributed by atoms with E-state index in [1.807, 2.05) is 0 Å². The maximum absolute atomic E-state index is 14.2. The molecule has 2 heterocycles. The van der Waals surface area contributed by atoms with Gasteiger partial charge in [-0.15, -0.1) is 0 Å². The summed E-state index contributed by atoms with van der Waals surface area (Å²) in [6, 6.07) is 4.12. The number of halogens is 1. The quantitative estimate of drug-likeness (QED) is 0.542. The van der Waals surface area contributed by atoms with Crippen LogP contribution in [-0.2, 0) is 0 Å². The largest absolute Gasteiger partial charge is 0.493 e. The summed E-state index contributed by atoms with van der Waals surface area (Å²) in [5.74, 6) is 0.435. The van der Waals surface area contributed by atoms with Gasteiger partial charge >= 0.3 is 0 Å². The highest BCUT2D eigenvalue weighted by molar-refractivity contribution is 6.09. The van der Waals surface area contributed by atoms with Crippen LogP contribution >= 0.6 is 0 Å². The first kappa shape index (κ1) is 20.9. The second-order valence-electron chi connectivity index (χ2n) is 8.90. The van der Waals surface area contributed by atoms with Gasteiger partial charge in [-0.2, -0.15) is 0 Å². The summed E-state index contributed by atoms with van der Waals surface area (Å²) in [5, 5.41) is 13.2. The van der Waals surface area contributed by atoms with E-state index in [4.69, 9.17) is 4.74 Å². The molecule has 3 aromatic rings. The number of aliphatic hydroxyl groups excluding tert-OH is 1. The van der Waals surface area contributed by atoms with Crippen molar-refractivity contribution in [1.29, 1.82) is 0 Å². The summed E-state index contributed by atoms with van der Waals surface area (Å²) in [5.41, 5.74) is 3.09. The van der Waals surface area contributed by atoms with E-state index in [0.717, 1.165) is 32.1 Å². The zero-order valence-corrected chi connectivity index (χ0v) is 18.0. The third kappa shape index (κ3) is 4.07. The highest BCUT2D eigenvalue weighted by Crippen LogP contribution is 2.36. The summed E-state index contributed by atoms with van der Waals surface area (Å²) >= 11 is 0. The number of rotatable bonds is 6. The van der Waals surface area contributed by atoms with Crippen LogP contribution in [-0.4, -0.2) is 44.7 Å². The Bertz CT molecular complexity index is 1160. The van der Waals surface area contributed by atoms with Gasteiger partial charge in [0, 0.05) is 11.3 Å². The average molecular weight is 439 g/mol. The lowest BCUT2D eigenvalue weighted by molar-refractivity contribution is 0.0718. The molecule has 0 aliphatic heterocycles. The number of fused-ring (bicyclic) bond motifs is 1. The Hall–Kier alpha value is -3.00. The van der Waals surface area contributed by atoms with E-state index >= 15 is 0 Å². The minimum Gasteiger partial charge on any atom is -0.493 e. The third-order valence-corrected chi connectivity index (χ3v) is 6.41. The molecule has 2 saturated carbocycles. The van der Waals surface area contributed by atoms with Crippen LogP contribution in [0.5, 0.6) is 5.75 Å². The fourth-order valence-electron chi connectivity index (χ4n) is 4.43. The zero-order chi connectivity index (χ0) is 22.2. The molecule has 168 valence electrons. The third-order valence-electron chi connectivity index (χ3n) is 6.41. The van der Waals surface area contributed by atoms with Crippen molar-refractivity contribution in [2.45, 2.75) is 57.6 Å². The fraction of sp³-hybridized carbons (Fsp3) is 0.458. The second kappa shape index (κ2) is 8.50. The van der Waals surface area contributed by atoms with Gasteiger partial charge in [0.15, 0.2) is 0 Å². The van der Waals surface area contributed by atoms with Crippen LogP contribution in [0.15, 0.2) is 24.5 Å². The smallest absolute Gasteiger partial charge is 0.255 e. The highest BCUT2D eigenvalue weighted by Gasteiger charge is 2.28. The normalized spacial score (nSPS) is 21.0. The Morgan fingerprint density at radius 3 is 2.84 bits per heavy atom. The molecule has 2 aromatic heterocycles. The van der Waals surface area contributed by atoms with Crippen molar-refractivity contribution in [1.82, 2.24) is 20.3 Å². The lowest BCUT2D eigenvalue weighted by Gasteiger charge is -2.28. The van der Waals surface area contributed by atoms with E-state index in [-0.39, 0.29) is 11.9 Å². The van der Waals surface area contributed by atoms with Crippen LogP contribution in [0.2, 0.25) is 0 Å². The van der Waals surface area contributed by atoms with Crippen LogP contribution in [0.25, 0.3) is 22.3 Å². The van der Waals surface area contributed by atoms with Crippen LogP contribution in [0.4, 0.5) is 4.39 Å². The molecule has 7 nitrogen and oxygen atoms in total. The number of carbonyl (C=O) groups is 1. The predicted molar refractivity (Wildman–Crippen MR) is 118 cm³/mol. The van der Waals surface area contributed by atoms with Gasteiger partial charge in [-0.3, -0.25) is 4.79 Å². The molecule has 2 aliphatic rings. The molecular weight excluding hydrogens is 411 g/mol. The van der Waals surface area contributed by atoms with Gasteiger partial charge in [0.05, 0.1) is 29.8 Å². The number of ether oxygens (including phenoxy) is 1. The van der Waals surface area contributed by atoms with E-state index in [1.165, 1.54) is 18.5 Å². The number of H-pyrrole nitrogens is 1. The van der Waals surface area contributed by atoms with Crippen molar-refractivity contribution in [2.75, 3.05) is 6.61 Å². The summed E-state index contributed by atoms with van der Waals surface area (Å²) < 4.78 is 20.1. The number of benzene rings is 1. The van der Waals surface area contributed by atoms with E-state index < -0.39 is 11.9 Å². The number of aryl methyl sites for hydroxylation is 1. The number of amides is 1.